The third-order valence-corrected chi connectivity index (χ3v) is 4.07. The van der Waals surface area contributed by atoms with E-state index >= 15 is 0 Å². The van der Waals surface area contributed by atoms with E-state index in [1.54, 1.807) is 0 Å². The number of nitrogens with zero attached hydrogens (tertiary/aromatic N) is 1. The van der Waals surface area contributed by atoms with Crippen LogP contribution >= 0.6 is 0 Å². The van der Waals surface area contributed by atoms with E-state index < -0.39 is 17.8 Å². The van der Waals surface area contributed by atoms with Crippen LogP contribution in [0.2, 0.25) is 0 Å². The Bertz CT molecular complexity index is 917. The zero-order valence-electron chi connectivity index (χ0n) is 15.1. The number of rotatable bonds is 6. The van der Waals surface area contributed by atoms with Gasteiger partial charge in [0.1, 0.15) is 11.9 Å². The van der Waals surface area contributed by atoms with Gasteiger partial charge in [-0.05, 0) is 48.7 Å². The average molecular weight is 368 g/mol. The summed E-state index contributed by atoms with van der Waals surface area (Å²) in [5.41, 5.74) is 1.84. The first kappa shape index (κ1) is 18.6. The van der Waals surface area contributed by atoms with Gasteiger partial charge in [-0.25, -0.2) is 9.37 Å². The SMILES string of the molecule is CC(C)CC(NC(=O)c1ccc(F)cc1)C(=O)Nc1nc2ccccc2[nH]1. The molecule has 0 fully saturated rings. The van der Waals surface area contributed by atoms with Crippen LogP contribution < -0.4 is 10.6 Å². The number of imidazole rings is 1. The first-order chi connectivity index (χ1) is 12.9. The Morgan fingerprint density at radius 1 is 1.11 bits per heavy atom. The molecule has 3 rings (SSSR count). The van der Waals surface area contributed by atoms with Crippen LogP contribution in [0.25, 0.3) is 11.0 Å². The number of amides is 2. The molecule has 0 saturated heterocycles. The van der Waals surface area contributed by atoms with Gasteiger partial charge in [-0.3, -0.25) is 14.9 Å². The molecule has 140 valence electrons. The van der Waals surface area contributed by atoms with Crippen molar-refractivity contribution in [2.24, 2.45) is 5.92 Å². The molecule has 0 radical (unpaired) electrons. The number of benzene rings is 2. The van der Waals surface area contributed by atoms with Gasteiger partial charge in [-0.2, -0.15) is 0 Å². The Labute approximate surface area is 156 Å². The third-order valence-electron chi connectivity index (χ3n) is 4.07. The molecule has 1 unspecified atom stereocenters. The average Bonchev–Trinajstić information content (AvgIpc) is 3.03. The minimum atomic E-state index is -0.740. The van der Waals surface area contributed by atoms with Crippen LogP contribution in [0.5, 0.6) is 0 Å². The number of halogens is 1. The third kappa shape index (κ3) is 4.69. The van der Waals surface area contributed by atoms with Gasteiger partial charge >= 0.3 is 0 Å². The van der Waals surface area contributed by atoms with Gasteiger partial charge in [0, 0.05) is 5.56 Å². The molecule has 2 amide bonds. The van der Waals surface area contributed by atoms with Crippen molar-refractivity contribution in [3.05, 3.63) is 59.9 Å². The zero-order chi connectivity index (χ0) is 19.4. The largest absolute Gasteiger partial charge is 0.340 e. The van der Waals surface area contributed by atoms with Crippen molar-refractivity contribution >= 4 is 28.8 Å². The Morgan fingerprint density at radius 2 is 1.81 bits per heavy atom. The molecule has 27 heavy (non-hydrogen) atoms. The van der Waals surface area contributed by atoms with E-state index in [2.05, 4.69) is 20.6 Å². The van der Waals surface area contributed by atoms with Crippen molar-refractivity contribution in [2.45, 2.75) is 26.3 Å². The molecule has 7 heteroatoms. The maximum Gasteiger partial charge on any atom is 0.251 e. The van der Waals surface area contributed by atoms with Crippen LogP contribution in [-0.4, -0.2) is 27.8 Å². The summed E-state index contributed by atoms with van der Waals surface area (Å²) in [6, 6.07) is 11.9. The smallest absolute Gasteiger partial charge is 0.251 e. The number of anilines is 1. The topological polar surface area (TPSA) is 86.9 Å². The summed E-state index contributed by atoms with van der Waals surface area (Å²) in [5.74, 6) is -0.706. The zero-order valence-corrected chi connectivity index (χ0v) is 15.1. The van der Waals surface area contributed by atoms with Gasteiger partial charge in [-0.1, -0.05) is 26.0 Å². The maximum absolute atomic E-state index is 13.0. The van der Waals surface area contributed by atoms with E-state index in [1.165, 1.54) is 24.3 Å². The van der Waals surface area contributed by atoms with Crippen LogP contribution in [-0.2, 0) is 4.79 Å². The van der Waals surface area contributed by atoms with E-state index in [4.69, 9.17) is 0 Å². The highest BCUT2D eigenvalue weighted by atomic mass is 19.1. The summed E-state index contributed by atoms with van der Waals surface area (Å²) in [6.45, 7) is 3.93. The lowest BCUT2D eigenvalue weighted by molar-refractivity contribution is -0.118. The van der Waals surface area contributed by atoms with Gasteiger partial charge < -0.3 is 10.3 Å². The number of nitrogens with one attached hydrogen (secondary N) is 3. The van der Waals surface area contributed by atoms with Gasteiger partial charge in [0.05, 0.1) is 11.0 Å². The number of hydrogen-bond acceptors (Lipinski definition) is 3. The summed E-state index contributed by atoms with van der Waals surface area (Å²) in [6.07, 6.45) is 0.457. The van der Waals surface area contributed by atoms with E-state index in [0.717, 1.165) is 11.0 Å². The lowest BCUT2D eigenvalue weighted by Crippen LogP contribution is -2.44. The van der Waals surface area contributed by atoms with Crippen molar-refractivity contribution in [2.75, 3.05) is 5.32 Å². The standard InChI is InChI=1S/C20H21FN4O2/c1-12(2)11-17(22-18(26)13-7-9-14(21)10-8-13)19(27)25-20-23-15-5-3-4-6-16(15)24-20/h3-10,12,17H,11H2,1-2H3,(H,22,26)(H2,23,24,25,27). The summed E-state index contributed by atoms with van der Waals surface area (Å²) in [4.78, 5) is 32.5. The number of aromatic nitrogens is 2. The Kier molecular flexibility index (Phi) is 5.49. The molecule has 0 bridgehead atoms. The second kappa shape index (κ2) is 7.99. The second-order valence-electron chi connectivity index (χ2n) is 6.75. The summed E-state index contributed by atoms with van der Waals surface area (Å²) < 4.78 is 13.0. The maximum atomic E-state index is 13.0. The highest BCUT2D eigenvalue weighted by Gasteiger charge is 2.23. The molecular formula is C20H21FN4O2. The van der Waals surface area contributed by atoms with Gasteiger partial charge in [0.25, 0.3) is 5.91 Å². The minimum Gasteiger partial charge on any atom is -0.340 e. The Balaban J connectivity index is 1.73. The second-order valence-corrected chi connectivity index (χ2v) is 6.75. The molecule has 2 aromatic carbocycles. The Morgan fingerprint density at radius 3 is 2.48 bits per heavy atom. The van der Waals surface area contributed by atoms with Gasteiger partial charge in [0.2, 0.25) is 11.9 Å². The van der Waals surface area contributed by atoms with Crippen LogP contribution in [0, 0.1) is 11.7 Å². The first-order valence-electron chi connectivity index (χ1n) is 8.74. The van der Waals surface area contributed by atoms with E-state index in [0.29, 0.717) is 17.9 Å². The fourth-order valence-corrected chi connectivity index (χ4v) is 2.76. The summed E-state index contributed by atoms with van der Waals surface area (Å²) in [7, 11) is 0. The molecule has 0 saturated carbocycles. The van der Waals surface area contributed by atoms with Crippen molar-refractivity contribution in [3.63, 3.8) is 0 Å². The lowest BCUT2D eigenvalue weighted by Gasteiger charge is -2.19. The molecule has 1 atom stereocenters. The fraction of sp³-hybridized carbons (Fsp3) is 0.250. The van der Waals surface area contributed by atoms with Crippen molar-refractivity contribution in [3.8, 4) is 0 Å². The monoisotopic (exact) mass is 368 g/mol. The fourth-order valence-electron chi connectivity index (χ4n) is 2.76. The van der Waals surface area contributed by atoms with Crippen LogP contribution in [0.15, 0.2) is 48.5 Å². The minimum absolute atomic E-state index is 0.185. The summed E-state index contributed by atoms with van der Waals surface area (Å²) >= 11 is 0. The number of aromatic amines is 1. The van der Waals surface area contributed by atoms with Crippen molar-refractivity contribution in [1.82, 2.24) is 15.3 Å². The molecular weight excluding hydrogens is 347 g/mol. The summed E-state index contributed by atoms with van der Waals surface area (Å²) in [5, 5.41) is 5.45. The molecule has 1 aromatic heterocycles. The van der Waals surface area contributed by atoms with Gasteiger partial charge in [-0.15, -0.1) is 0 Å². The molecule has 6 nitrogen and oxygen atoms in total. The molecule has 0 spiro atoms. The molecule has 0 aliphatic rings. The number of para-hydroxylation sites is 2. The number of carbonyl (C=O) groups is 2. The van der Waals surface area contributed by atoms with E-state index in [-0.39, 0.29) is 11.8 Å². The number of carbonyl (C=O) groups excluding carboxylic acids is 2. The molecule has 3 aromatic rings. The predicted octanol–water partition coefficient (Wildman–Crippen LogP) is 3.49. The quantitative estimate of drug-likeness (QED) is 0.622. The lowest BCUT2D eigenvalue weighted by atomic mass is 10.0. The number of fused-ring (bicyclic) bond motifs is 1. The first-order valence-corrected chi connectivity index (χ1v) is 8.74. The highest BCUT2D eigenvalue weighted by Crippen LogP contribution is 2.15. The van der Waals surface area contributed by atoms with Crippen molar-refractivity contribution < 1.29 is 14.0 Å². The highest BCUT2D eigenvalue weighted by molar-refractivity contribution is 6.01. The molecule has 0 aliphatic carbocycles. The molecule has 3 N–H and O–H groups in total. The van der Waals surface area contributed by atoms with Crippen LogP contribution in [0.3, 0.4) is 0 Å². The van der Waals surface area contributed by atoms with E-state index in [1.807, 2.05) is 38.1 Å². The molecule has 0 aliphatic heterocycles. The van der Waals surface area contributed by atoms with E-state index in [9.17, 15) is 14.0 Å². The molecule has 1 heterocycles. The normalized spacial score (nSPS) is 12.1. The van der Waals surface area contributed by atoms with Gasteiger partial charge in [0.15, 0.2) is 0 Å². The number of H-pyrrole nitrogens is 1. The Hall–Kier alpha value is -3.22. The van der Waals surface area contributed by atoms with Crippen LogP contribution in [0.1, 0.15) is 30.6 Å². The van der Waals surface area contributed by atoms with Crippen molar-refractivity contribution in [1.29, 1.82) is 0 Å². The van der Waals surface area contributed by atoms with Crippen LogP contribution in [0.4, 0.5) is 10.3 Å². The predicted molar refractivity (Wildman–Crippen MR) is 102 cm³/mol. The number of hydrogen-bond donors (Lipinski definition) is 3.